The molecular formula is C7H5N3O2. The van der Waals surface area contributed by atoms with Crippen molar-refractivity contribution in [2.24, 2.45) is 0 Å². The molecule has 5 heteroatoms. The zero-order valence-electron chi connectivity index (χ0n) is 6.01. The summed E-state index contributed by atoms with van der Waals surface area (Å²) in [5.41, 5.74) is 0.179. The van der Waals surface area contributed by atoms with Gasteiger partial charge >= 0.3 is 0 Å². The predicted molar refractivity (Wildman–Crippen MR) is 40.9 cm³/mol. The highest BCUT2D eigenvalue weighted by atomic mass is 16.3. The molecule has 0 aliphatic heterocycles. The van der Waals surface area contributed by atoms with Crippen LogP contribution in [0.5, 0.6) is 5.88 Å². The van der Waals surface area contributed by atoms with E-state index in [1.165, 1.54) is 29.1 Å². The van der Waals surface area contributed by atoms with E-state index in [1.54, 1.807) is 0 Å². The Kier molecular flexibility index (Phi) is 1.30. The SMILES string of the molecule is O=c1ccnc2cnc(O)cn12. The maximum atomic E-state index is 11.1. The molecule has 0 saturated heterocycles. The summed E-state index contributed by atoms with van der Waals surface area (Å²) in [5, 5.41) is 8.96. The van der Waals surface area contributed by atoms with Crippen LogP contribution in [0.3, 0.4) is 0 Å². The van der Waals surface area contributed by atoms with Crippen molar-refractivity contribution in [2.45, 2.75) is 0 Å². The van der Waals surface area contributed by atoms with Gasteiger partial charge in [0.2, 0.25) is 5.88 Å². The van der Waals surface area contributed by atoms with Gasteiger partial charge < -0.3 is 5.11 Å². The second-order valence-electron chi connectivity index (χ2n) is 2.26. The number of aromatic hydroxyl groups is 1. The summed E-state index contributed by atoms with van der Waals surface area (Å²) in [6.45, 7) is 0. The van der Waals surface area contributed by atoms with E-state index in [4.69, 9.17) is 5.11 Å². The molecule has 0 aliphatic rings. The first-order valence-corrected chi connectivity index (χ1v) is 3.30. The van der Waals surface area contributed by atoms with Gasteiger partial charge in [-0.1, -0.05) is 0 Å². The number of hydrogen-bond donors (Lipinski definition) is 1. The predicted octanol–water partition coefficient (Wildman–Crippen LogP) is -0.205. The smallest absolute Gasteiger partial charge is 0.258 e. The number of rotatable bonds is 0. The average molecular weight is 163 g/mol. The quantitative estimate of drug-likeness (QED) is 0.583. The van der Waals surface area contributed by atoms with E-state index in [9.17, 15) is 4.79 Å². The summed E-state index contributed by atoms with van der Waals surface area (Å²) >= 11 is 0. The van der Waals surface area contributed by atoms with Crippen molar-refractivity contribution in [1.82, 2.24) is 14.4 Å². The highest BCUT2D eigenvalue weighted by Crippen LogP contribution is 2.01. The molecule has 2 heterocycles. The van der Waals surface area contributed by atoms with Crippen molar-refractivity contribution >= 4 is 5.65 Å². The fourth-order valence-electron chi connectivity index (χ4n) is 0.931. The van der Waals surface area contributed by atoms with E-state index in [-0.39, 0.29) is 11.4 Å². The van der Waals surface area contributed by atoms with Gasteiger partial charge in [-0.2, -0.15) is 0 Å². The van der Waals surface area contributed by atoms with Crippen molar-refractivity contribution in [3.05, 3.63) is 35.0 Å². The monoisotopic (exact) mass is 163 g/mol. The molecule has 5 nitrogen and oxygen atoms in total. The molecule has 60 valence electrons. The van der Waals surface area contributed by atoms with Crippen LogP contribution in [0.2, 0.25) is 0 Å². The number of aromatic nitrogens is 3. The van der Waals surface area contributed by atoms with Crippen LogP contribution >= 0.6 is 0 Å². The maximum Gasteiger partial charge on any atom is 0.258 e. The van der Waals surface area contributed by atoms with Crippen LogP contribution in [-0.4, -0.2) is 19.5 Å². The maximum absolute atomic E-state index is 11.1. The second-order valence-corrected chi connectivity index (χ2v) is 2.26. The summed E-state index contributed by atoms with van der Waals surface area (Å²) in [6.07, 6.45) is 3.96. The summed E-state index contributed by atoms with van der Waals surface area (Å²) in [4.78, 5) is 18.6. The lowest BCUT2D eigenvalue weighted by molar-refractivity contribution is 0.449. The van der Waals surface area contributed by atoms with E-state index >= 15 is 0 Å². The van der Waals surface area contributed by atoms with Crippen molar-refractivity contribution in [1.29, 1.82) is 0 Å². The summed E-state index contributed by atoms with van der Waals surface area (Å²) in [6, 6.07) is 1.31. The minimum atomic E-state index is -0.238. The first kappa shape index (κ1) is 6.78. The Bertz CT molecular complexity index is 477. The lowest BCUT2D eigenvalue weighted by atomic mass is 10.5. The molecule has 0 spiro atoms. The molecule has 2 rings (SSSR count). The van der Waals surface area contributed by atoms with Crippen LogP contribution in [-0.2, 0) is 0 Å². The van der Waals surface area contributed by atoms with Crippen LogP contribution in [0.25, 0.3) is 5.65 Å². The fraction of sp³-hybridized carbons (Fsp3) is 0. The van der Waals surface area contributed by atoms with Crippen molar-refractivity contribution < 1.29 is 5.11 Å². The van der Waals surface area contributed by atoms with E-state index in [1.807, 2.05) is 0 Å². The number of fused-ring (bicyclic) bond motifs is 1. The Morgan fingerprint density at radius 1 is 1.42 bits per heavy atom. The van der Waals surface area contributed by atoms with E-state index in [0.29, 0.717) is 5.65 Å². The Hall–Kier alpha value is -1.91. The van der Waals surface area contributed by atoms with Gasteiger partial charge in [0.1, 0.15) is 0 Å². The Morgan fingerprint density at radius 2 is 2.25 bits per heavy atom. The van der Waals surface area contributed by atoms with E-state index in [0.717, 1.165) is 0 Å². The van der Waals surface area contributed by atoms with Gasteiger partial charge in [-0.15, -0.1) is 0 Å². The van der Waals surface area contributed by atoms with Gasteiger partial charge in [0.05, 0.1) is 12.4 Å². The Labute approximate surface area is 67.0 Å². The fourth-order valence-corrected chi connectivity index (χ4v) is 0.931. The molecule has 0 bridgehead atoms. The molecule has 1 N–H and O–H groups in total. The molecule has 12 heavy (non-hydrogen) atoms. The average Bonchev–Trinajstić information content (AvgIpc) is 2.07. The van der Waals surface area contributed by atoms with Gasteiger partial charge in [-0.3, -0.25) is 9.20 Å². The molecule has 0 saturated carbocycles. The van der Waals surface area contributed by atoms with Crippen LogP contribution in [0, 0.1) is 0 Å². The molecule has 0 unspecified atom stereocenters. The van der Waals surface area contributed by atoms with Gasteiger partial charge in [-0.25, -0.2) is 9.97 Å². The lowest BCUT2D eigenvalue weighted by Gasteiger charge is -1.96. The third-order valence-electron chi connectivity index (χ3n) is 1.47. The molecule has 0 aromatic carbocycles. The van der Waals surface area contributed by atoms with Crippen LogP contribution in [0.1, 0.15) is 0 Å². The molecule has 0 amide bonds. The van der Waals surface area contributed by atoms with Crippen molar-refractivity contribution in [3.63, 3.8) is 0 Å². The minimum Gasteiger partial charge on any atom is -0.492 e. The third kappa shape index (κ3) is 0.914. The molecule has 2 aromatic heterocycles. The number of nitrogens with zero attached hydrogens (tertiary/aromatic N) is 3. The third-order valence-corrected chi connectivity index (χ3v) is 1.47. The standard InChI is InChI=1S/C7H5N3O2/c11-6-4-10-5(3-9-6)8-2-1-7(10)12/h1-4,11H. The number of hydrogen-bond acceptors (Lipinski definition) is 4. The van der Waals surface area contributed by atoms with E-state index in [2.05, 4.69) is 9.97 Å². The molecule has 0 radical (unpaired) electrons. The first-order valence-electron chi connectivity index (χ1n) is 3.30. The molecular weight excluding hydrogens is 158 g/mol. The molecule has 0 aliphatic carbocycles. The highest BCUT2D eigenvalue weighted by molar-refractivity contribution is 5.34. The van der Waals surface area contributed by atoms with Gasteiger partial charge in [0.15, 0.2) is 5.65 Å². The zero-order chi connectivity index (χ0) is 8.55. The Morgan fingerprint density at radius 3 is 3.08 bits per heavy atom. The second kappa shape index (κ2) is 2.30. The first-order chi connectivity index (χ1) is 5.77. The minimum absolute atomic E-state index is 0.197. The summed E-state index contributed by atoms with van der Waals surface area (Å²) < 4.78 is 1.22. The van der Waals surface area contributed by atoms with Gasteiger partial charge in [0, 0.05) is 12.3 Å². The normalized spacial score (nSPS) is 10.3. The molecule has 0 atom stereocenters. The molecule has 2 aromatic rings. The lowest BCUT2D eigenvalue weighted by Crippen LogP contribution is -2.12. The molecule has 0 fully saturated rings. The Balaban J connectivity index is 2.98. The summed E-state index contributed by atoms with van der Waals surface area (Å²) in [5.74, 6) is -0.197. The van der Waals surface area contributed by atoms with Crippen molar-refractivity contribution in [2.75, 3.05) is 0 Å². The zero-order valence-corrected chi connectivity index (χ0v) is 6.01. The highest BCUT2D eigenvalue weighted by Gasteiger charge is 1.96. The largest absolute Gasteiger partial charge is 0.492 e. The van der Waals surface area contributed by atoms with Crippen LogP contribution in [0.4, 0.5) is 0 Å². The topological polar surface area (TPSA) is 67.5 Å². The summed E-state index contributed by atoms with van der Waals surface area (Å²) in [7, 11) is 0. The van der Waals surface area contributed by atoms with Gasteiger partial charge in [-0.05, 0) is 0 Å². The van der Waals surface area contributed by atoms with Crippen molar-refractivity contribution in [3.8, 4) is 5.88 Å². The van der Waals surface area contributed by atoms with E-state index < -0.39 is 0 Å². The van der Waals surface area contributed by atoms with Gasteiger partial charge in [0.25, 0.3) is 5.56 Å². The van der Waals surface area contributed by atoms with Crippen LogP contribution in [0.15, 0.2) is 29.5 Å². The van der Waals surface area contributed by atoms with Crippen LogP contribution < -0.4 is 5.56 Å².